The third kappa shape index (κ3) is 3.95. The average Bonchev–Trinajstić information content (AvgIpc) is 2.58. The Kier molecular flexibility index (Phi) is 5.24. The molecule has 2 unspecified atom stereocenters. The molecule has 1 N–H and O–H groups in total. The normalized spacial score (nSPS) is 33.6. The highest BCUT2D eigenvalue weighted by molar-refractivity contribution is 7.80. The van der Waals surface area contributed by atoms with E-state index < -0.39 is 5.60 Å². The summed E-state index contributed by atoms with van der Waals surface area (Å²) in [6, 6.07) is 7.44. The maximum Gasteiger partial charge on any atom is 0.263 e. The van der Waals surface area contributed by atoms with Gasteiger partial charge in [-0.2, -0.15) is 0 Å². The number of nitrogens with one attached hydrogen (secondary N) is 1. The molecular formula is C23H30ClNO2S. The summed E-state index contributed by atoms with van der Waals surface area (Å²) in [4.78, 5) is 14.2. The first-order chi connectivity index (χ1) is 13.2. The first-order valence-corrected chi connectivity index (χ1v) is 11.2. The predicted octanol–water partition coefficient (Wildman–Crippen LogP) is 5.59. The topological polar surface area (TPSA) is 38.3 Å². The molecule has 1 aromatic rings. The molecule has 28 heavy (non-hydrogen) atoms. The van der Waals surface area contributed by atoms with Crippen LogP contribution in [0.15, 0.2) is 24.3 Å². The number of halogens is 1. The van der Waals surface area contributed by atoms with Crippen molar-refractivity contribution in [2.75, 3.05) is 0 Å². The minimum absolute atomic E-state index is 0.0278. The van der Waals surface area contributed by atoms with Gasteiger partial charge in [0.15, 0.2) is 5.60 Å². The smallest absolute Gasteiger partial charge is 0.263 e. The van der Waals surface area contributed by atoms with Crippen molar-refractivity contribution in [2.24, 2.45) is 23.2 Å². The number of carbonyl (C=O) groups excluding carboxylic acids is 1. The van der Waals surface area contributed by atoms with Crippen LogP contribution in [-0.2, 0) is 4.79 Å². The van der Waals surface area contributed by atoms with Crippen molar-refractivity contribution in [1.82, 2.24) is 5.32 Å². The van der Waals surface area contributed by atoms with Gasteiger partial charge in [0.25, 0.3) is 5.91 Å². The molecule has 1 aromatic carbocycles. The lowest BCUT2D eigenvalue weighted by Gasteiger charge is -2.60. The van der Waals surface area contributed by atoms with Crippen molar-refractivity contribution < 1.29 is 9.53 Å². The monoisotopic (exact) mass is 419 g/mol. The third-order valence-corrected chi connectivity index (χ3v) is 7.45. The van der Waals surface area contributed by atoms with E-state index in [1.807, 2.05) is 13.8 Å². The summed E-state index contributed by atoms with van der Waals surface area (Å²) in [6.07, 6.45) is 7.32. The molecule has 4 saturated carbocycles. The first-order valence-electron chi connectivity index (χ1n) is 10.4. The zero-order chi connectivity index (χ0) is 20.1. The molecule has 0 spiro atoms. The zero-order valence-electron chi connectivity index (χ0n) is 17.0. The number of ether oxygens (including phenoxy) is 1. The van der Waals surface area contributed by atoms with Crippen molar-refractivity contribution in [3.63, 3.8) is 0 Å². The van der Waals surface area contributed by atoms with E-state index >= 15 is 0 Å². The van der Waals surface area contributed by atoms with E-state index in [1.165, 1.54) is 32.1 Å². The third-order valence-electron chi connectivity index (χ3n) is 7.06. The van der Waals surface area contributed by atoms with E-state index in [1.54, 1.807) is 24.3 Å². The Morgan fingerprint density at radius 3 is 2.39 bits per heavy atom. The first kappa shape index (κ1) is 20.2. The molecule has 2 atom stereocenters. The second-order valence-electron chi connectivity index (χ2n) is 9.91. The van der Waals surface area contributed by atoms with Gasteiger partial charge in [-0.25, -0.2) is 0 Å². The highest BCUT2D eigenvalue weighted by Crippen LogP contribution is 2.61. The number of benzene rings is 1. The molecule has 152 valence electrons. The molecule has 0 heterocycles. The maximum absolute atomic E-state index is 13.1. The molecule has 4 fully saturated rings. The lowest BCUT2D eigenvalue weighted by Crippen LogP contribution is -2.62. The highest BCUT2D eigenvalue weighted by Gasteiger charge is 2.55. The van der Waals surface area contributed by atoms with Gasteiger partial charge in [-0.15, -0.1) is 0 Å². The number of rotatable bonds is 6. The van der Waals surface area contributed by atoms with Crippen LogP contribution in [0, 0.1) is 23.2 Å². The Labute approximate surface area is 178 Å². The number of thiocarbonyl (C=S) groups is 1. The lowest BCUT2D eigenvalue weighted by molar-refractivity contribution is -0.140. The number of amides is 1. The molecular weight excluding hydrogens is 390 g/mol. The summed E-state index contributed by atoms with van der Waals surface area (Å²) in [5, 5.41) is 4.04. The Morgan fingerprint density at radius 2 is 1.82 bits per heavy atom. The van der Waals surface area contributed by atoms with Crippen LogP contribution >= 0.6 is 23.8 Å². The summed E-state index contributed by atoms with van der Waals surface area (Å²) in [7, 11) is 0. The number of hydrogen-bond donors (Lipinski definition) is 1. The fourth-order valence-corrected chi connectivity index (χ4v) is 6.77. The fourth-order valence-electron chi connectivity index (χ4n) is 6.34. The van der Waals surface area contributed by atoms with Crippen molar-refractivity contribution in [3.05, 3.63) is 29.3 Å². The molecule has 1 amide bonds. The molecule has 5 rings (SSSR count). The molecule has 5 heteroatoms. The van der Waals surface area contributed by atoms with Crippen molar-refractivity contribution >= 4 is 34.6 Å². The molecule has 4 bridgehead atoms. The van der Waals surface area contributed by atoms with E-state index in [-0.39, 0.29) is 11.9 Å². The Hall–Kier alpha value is -1.13. The van der Waals surface area contributed by atoms with Crippen LogP contribution in [0.25, 0.3) is 0 Å². The van der Waals surface area contributed by atoms with E-state index in [2.05, 4.69) is 12.2 Å². The maximum atomic E-state index is 13.1. The van der Waals surface area contributed by atoms with E-state index in [4.69, 9.17) is 28.6 Å². The molecule has 0 radical (unpaired) electrons. The van der Waals surface area contributed by atoms with Gasteiger partial charge in [0.1, 0.15) is 5.75 Å². The summed E-state index contributed by atoms with van der Waals surface area (Å²) in [6.45, 7) is 5.76. The molecule has 4 aliphatic carbocycles. The van der Waals surface area contributed by atoms with Crippen LogP contribution in [0.4, 0.5) is 0 Å². The summed E-state index contributed by atoms with van der Waals surface area (Å²) >= 11 is 11.4. The van der Waals surface area contributed by atoms with Gasteiger partial charge in [-0.1, -0.05) is 23.8 Å². The van der Waals surface area contributed by atoms with E-state index in [0.717, 1.165) is 17.2 Å². The van der Waals surface area contributed by atoms with Gasteiger partial charge in [0.05, 0.1) is 0 Å². The van der Waals surface area contributed by atoms with Crippen molar-refractivity contribution in [2.45, 2.75) is 70.9 Å². The van der Waals surface area contributed by atoms with Crippen LogP contribution in [0.5, 0.6) is 5.75 Å². The summed E-state index contributed by atoms with van der Waals surface area (Å²) in [5.41, 5.74) is -0.524. The molecule has 3 nitrogen and oxygen atoms in total. The summed E-state index contributed by atoms with van der Waals surface area (Å²) in [5.74, 6) is 2.61. The predicted molar refractivity (Wildman–Crippen MR) is 117 cm³/mol. The van der Waals surface area contributed by atoms with Crippen molar-refractivity contribution in [3.8, 4) is 5.75 Å². The van der Waals surface area contributed by atoms with Crippen LogP contribution in [0.1, 0.15) is 59.3 Å². The fraction of sp³-hybridized carbons (Fsp3) is 0.652. The standard InChI is InChI=1S/C23H30ClNO2S/c1-14(28)10-23-11-15-8-16(12-23)20(17(9-15)13-23)25-21(26)22(2,3)27-19-6-4-18(24)5-7-19/h4-7,15-17,20H,8-13H2,1-3H3,(H,25,26). The van der Waals surface area contributed by atoms with Crippen LogP contribution in [-0.4, -0.2) is 22.4 Å². The molecule has 0 aliphatic heterocycles. The van der Waals surface area contributed by atoms with Gasteiger partial charge in [-0.3, -0.25) is 4.79 Å². The number of hydrogen-bond acceptors (Lipinski definition) is 3. The minimum Gasteiger partial charge on any atom is -0.478 e. The molecule has 0 saturated heterocycles. The Morgan fingerprint density at radius 1 is 1.21 bits per heavy atom. The summed E-state index contributed by atoms with van der Waals surface area (Å²) < 4.78 is 6.00. The van der Waals surface area contributed by atoms with Gasteiger partial charge in [0.2, 0.25) is 0 Å². The largest absolute Gasteiger partial charge is 0.478 e. The second kappa shape index (κ2) is 7.28. The van der Waals surface area contributed by atoms with Crippen LogP contribution < -0.4 is 10.1 Å². The van der Waals surface area contributed by atoms with Crippen LogP contribution in [0.3, 0.4) is 0 Å². The Bertz CT molecular complexity index is 759. The Balaban J connectivity index is 1.43. The van der Waals surface area contributed by atoms with Gasteiger partial charge in [-0.05, 0) is 112 Å². The average molecular weight is 420 g/mol. The second-order valence-corrected chi connectivity index (χ2v) is 11.0. The van der Waals surface area contributed by atoms with Gasteiger partial charge in [0, 0.05) is 11.1 Å². The SMILES string of the molecule is CC(=S)CC12CC3CC(C1)C(NC(=O)C(C)(C)Oc1ccc(Cl)cc1)C(C3)C2. The molecule has 0 aromatic heterocycles. The zero-order valence-corrected chi connectivity index (χ0v) is 18.5. The van der Waals surface area contributed by atoms with Crippen LogP contribution in [0.2, 0.25) is 5.02 Å². The number of carbonyl (C=O) groups is 1. The van der Waals surface area contributed by atoms with Gasteiger partial charge < -0.3 is 10.1 Å². The molecule has 4 aliphatic rings. The lowest BCUT2D eigenvalue weighted by atomic mass is 9.47. The highest BCUT2D eigenvalue weighted by atomic mass is 35.5. The quantitative estimate of drug-likeness (QED) is 0.611. The van der Waals surface area contributed by atoms with Crippen molar-refractivity contribution in [1.29, 1.82) is 0 Å². The van der Waals surface area contributed by atoms with E-state index in [0.29, 0.717) is 28.0 Å². The van der Waals surface area contributed by atoms with Gasteiger partial charge >= 0.3 is 0 Å². The minimum atomic E-state index is -0.925. The van der Waals surface area contributed by atoms with E-state index in [9.17, 15) is 4.79 Å².